The van der Waals surface area contributed by atoms with Crippen molar-refractivity contribution >= 4 is 82.6 Å². The molecule has 22 nitrogen and oxygen atoms in total. The number of nitrogens with one attached hydrogen (secondary N) is 4. The molecule has 0 spiro atoms. The number of benzene rings is 4. The Labute approximate surface area is 489 Å². The second-order valence-corrected chi connectivity index (χ2v) is 18.9. The van der Waals surface area contributed by atoms with Gasteiger partial charge in [-0.05, 0) is 163 Å². The largest absolute Gasteiger partial charge is 0.466 e. The number of para-hydroxylation sites is 2. The van der Waals surface area contributed by atoms with E-state index >= 15 is 0 Å². The van der Waals surface area contributed by atoms with E-state index in [1.54, 1.807) is 100 Å². The average molecular weight is 1170 g/mol. The van der Waals surface area contributed by atoms with Crippen molar-refractivity contribution < 1.29 is 85.8 Å². The molecule has 4 N–H and O–H groups in total. The number of ether oxygens (including phenoxy) is 8. The molecule has 0 aliphatic carbocycles. The molecule has 4 rings (SSSR count). The summed E-state index contributed by atoms with van der Waals surface area (Å²) in [5, 5.41) is 10.7. The molecule has 0 radical (unpaired) electrons. The van der Waals surface area contributed by atoms with Gasteiger partial charge in [0.2, 0.25) is 23.7 Å². The van der Waals surface area contributed by atoms with Crippen molar-refractivity contribution in [2.75, 3.05) is 74.1 Å². The van der Waals surface area contributed by atoms with E-state index in [0.717, 1.165) is 47.9 Å². The lowest BCUT2D eigenvalue weighted by atomic mass is 10.0. The molecule has 0 saturated carbocycles. The maximum atomic E-state index is 13.0. The number of rotatable bonds is 37. The summed E-state index contributed by atoms with van der Waals surface area (Å²) < 4.78 is 41.0. The summed E-state index contributed by atoms with van der Waals surface area (Å²) in [6.07, 6.45) is 6.62. The molecular weight excluding hydrogens is 1090 g/mol. The highest BCUT2D eigenvalue weighted by Gasteiger charge is 2.38. The molecule has 0 bridgehead atoms. The molecule has 84 heavy (non-hydrogen) atoms. The van der Waals surface area contributed by atoms with Crippen LogP contribution >= 0.6 is 0 Å². The molecule has 454 valence electrons. The van der Waals surface area contributed by atoms with Gasteiger partial charge in [0.05, 0.1) is 52.9 Å². The van der Waals surface area contributed by atoms with Crippen molar-refractivity contribution in [3.63, 3.8) is 0 Å². The molecule has 0 aliphatic rings. The maximum Gasteiger partial charge on any atom is 0.411 e. The van der Waals surface area contributed by atoms with E-state index < -0.39 is 59.7 Å². The minimum absolute atomic E-state index is 0.00973. The molecule has 0 aromatic heterocycles. The normalized spacial score (nSPS) is 10.7. The van der Waals surface area contributed by atoms with E-state index in [9.17, 15) is 47.9 Å². The minimum Gasteiger partial charge on any atom is -0.466 e. The monoisotopic (exact) mass is 1170 g/mol. The fraction of sp³-hybridized carbons (Fsp3) is 0.452. The smallest absolute Gasteiger partial charge is 0.411 e. The van der Waals surface area contributed by atoms with Crippen LogP contribution in [0.1, 0.15) is 127 Å². The van der Waals surface area contributed by atoms with Crippen LogP contribution in [0, 0.1) is 11.8 Å². The second kappa shape index (κ2) is 38.8. The van der Waals surface area contributed by atoms with Gasteiger partial charge in [0.1, 0.15) is 0 Å². The van der Waals surface area contributed by atoms with Crippen LogP contribution in [0.25, 0.3) is 0 Å². The standard InChI is InChI=1S/C62H78N4O18/c1-5-77-57(71)53(58(72)78-6-2)55(69)65-49-25-15-13-23-45(49)41-43-29-33-47(34-30-43)63-61(75)83-39-21-11-9-19-37-81-51(67)27-17-18-28-52(68)82-38-20-10-12-22-40-84-62(76)64-48-35-31-44(32-36-48)42-46-24-14-16-26-50(46)66-56(70)54(59(73)79-7-3)60(74)80-8-4/h13-16,23-26,29-36,53-54H,5-12,17-22,27-28,37-42H2,1-4H3,(H,63,75)(H,64,76)(H,65,69)(H,66,70). The Hall–Kier alpha value is -8.82. The van der Waals surface area contributed by atoms with E-state index in [4.69, 9.17) is 37.9 Å². The van der Waals surface area contributed by atoms with Gasteiger partial charge in [0.25, 0.3) is 0 Å². The highest BCUT2D eigenvalue weighted by Crippen LogP contribution is 2.24. The highest BCUT2D eigenvalue weighted by atomic mass is 16.6. The highest BCUT2D eigenvalue weighted by molar-refractivity contribution is 6.19. The molecule has 4 aromatic rings. The van der Waals surface area contributed by atoms with Crippen molar-refractivity contribution in [3.8, 4) is 0 Å². The summed E-state index contributed by atoms with van der Waals surface area (Å²) in [6.45, 7) is 7.21. The third-order valence-corrected chi connectivity index (χ3v) is 12.4. The van der Waals surface area contributed by atoms with Crippen molar-refractivity contribution in [2.45, 2.75) is 118 Å². The molecule has 4 amide bonds. The Bertz CT molecular complexity index is 2550. The van der Waals surface area contributed by atoms with Crippen LogP contribution < -0.4 is 21.3 Å². The fourth-order valence-electron chi connectivity index (χ4n) is 8.19. The van der Waals surface area contributed by atoms with Gasteiger partial charge in [-0.3, -0.25) is 49.0 Å². The molecular formula is C62H78N4O18. The number of hydrogen-bond acceptors (Lipinski definition) is 18. The molecule has 4 aromatic carbocycles. The van der Waals surface area contributed by atoms with Crippen molar-refractivity contribution in [1.29, 1.82) is 0 Å². The van der Waals surface area contributed by atoms with Gasteiger partial charge in [0.15, 0.2) is 0 Å². The average Bonchev–Trinajstić information content (AvgIpc) is 3.67. The van der Waals surface area contributed by atoms with E-state index in [-0.39, 0.29) is 77.6 Å². The Balaban J connectivity index is 0.967. The number of anilines is 4. The van der Waals surface area contributed by atoms with E-state index in [2.05, 4.69) is 21.3 Å². The van der Waals surface area contributed by atoms with Gasteiger partial charge in [-0.1, -0.05) is 60.7 Å². The molecule has 0 unspecified atom stereocenters. The first-order chi connectivity index (χ1) is 40.6. The number of carbonyl (C=O) groups is 10. The van der Waals surface area contributed by atoms with E-state index in [0.29, 0.717) is 74.1 Å². The number of amides is 4. The predicted molar refractivity (Wildman–Crippen MR) is 309 cm³/mol. The molecule has 0 saturated heterocycles. The van der Waals surface area contributed by atoms with Gasteiger partial charge in [-0.15, -0.1) is 0 Å². The van der Waals surface area contributed by atoms with Gasteiger partial charge < -0.3 is 48.5 Å². The predicted octanol–water partition coefficient (Wildman–Crippen LogP) is 9.79. The minimum atomic E-state index is -1.77. The molecule has 0 aliphatic heterocycles. The van der Waals surface area contributed by atoms with Crippen LogP contribution in [0.4, 0.5) is 32.3 Å². The summed E-state index contributed by atoms with van der Waals surface area (Å²) in [5.41, 5.74) is 5.02. The zero-order valence-electron chi connectivity index (χ0n) is 48.3. The van der Waals surface area contributed by atoms with Crippen LogP contribution in [0.5, 0.6) is 0 Å². The lowest BCUT2D eigenvalue weighted by molar-refractivity contribution is -0.166. The summed E-state index contributed by atoms with van der Waals surface area (Å²) in [5.74, 6) is -9.91. The Morgan fingerprint density at radius 2 is 0.655 bits per heavy atom. The molecule has 0 heterocycles. The fourth-order valence-corrected chi connectivity index (χ4v) is 8.19. The van der Waals surface area contributed by atoms with Crippen LogP contribution in [0.15, 0.2) is 97.1 Å². The Kier molecular flexibility index (Phi) is 31.3. The maximum absolute atomic E-state index is 13.0. The van der Waals surface area contributed by atoms with E-state index in [1.165, 1.54) is 0 Å². The first-order valence-corrected chi connectivity index (χ1v) is 28.5. The lowest BCUT2D eigenvalue weighted by Crippen LogP contribution is -2.38. The molecule has 22 heteroatoms. The number of hydrogen-bond donors (Lipinski definition) is 4. The Morgan fingerprint density at radius 1 is 0.345 bits per heavy atom. The van der Waals surface area contributed by atoms with Crippen LogP contribution in [-0.2, 0) is 89.1 Å². The second-order valence-electron chi connectivity index (χ2n) is 18.9. The zero-order chi connectivity index (χ0) is 60.9. The van der Waals surface area contributed by atoms with Gasteiger partial charge in [-0.2, -0.15) is 0 Å². The number of carbonyl (C=O) groups excluding carboxylic acids is 10. The molecule has 0 atom stereocenters. The summed E-state index contributed by atoms with van der Waals surface area (Å²) >= 11 is 0. The third kappa shape index (κ3) is 25.5. The SMILES string of the molecule is CCOC(=O)C(C(=O)Nc1ccccc1Cc1ccc(NC(=O)OCCCCCCOC(=O)CCCCC(=O)OCCCCCCOC(=O)Nc2ccc(Cc3ccccc3NC(=O)C(C(=O)OCC)C(=O)OCC)cc2)cc1)C(=O)OCC. The summed E-state index contributed by atoms with van der Waals surface area (Å²) in [4.78, 5) is 125. The van der Waals surface area contributed by atoms with Gasteiger partial charge in [0, 0.05) is 35.6 Å². The van der Waals surface area contributed by atoms with Gasteiger partial charge in [-0.25, -0.2) is 9.59 Å². The quantitative estimate of drug-likeness (QED) is 0.0141. The van der Waals surface area contributed by atoms with Crippen molar-refractivity contribution in [3.05, 3.63) is 119 Å². The van der Waals surface area contributed by atoms with Gasteiger partial charge >= 0.3 is 48.0 Å². The third-order valence-electron chi connectivity index (χ3n) is 12.4. The van der Waals surface area contributed by atoms with Crippen LogP contribution in [-0.4, -0.2) is 113 Å². The first kappa shape index (κ1) is 67.7. The number of esters is 6. The molecule has 0 fully saturated rings. The van der Waals surface area contributed by atoms with Crippen LogP contribution in [0.2, 0.25) is 0 Å². The lowest BCUT2D eigenvalue weighted by Gasteiger charge is -2.16. The Morgan fingerprint density at radius 3 is 0.976 bits per heavy atom. The van der Waals surface area contributed by atoms with Crippen LogP contribution in [0.3, 0.4) is 0 Å². The topological polar surface area (TPSA) is 293 Å². The summed E-state index contributed by atoms with van der Waals surface area (Å²) in [6, 6.07) is 28.1. The van der Waals surface area contributed by atoms with Crippen molar-refractivity contribution in [1.82, 2.24) is 0 Å². The first-order valence-electron chi connectivity index (χ1n) is 28.5. The zero-order valence-corrected chi connectivity index (χ0v) is 48.3. The number of unbranched alkanes of at least 4 members (excludes halogenated alkanes) is 7. The van der Waals surface area contributed by atoms with E-state index in [1.807, 2.05) is 24.3 Å². The van der Waals surface area contributed by atoms with Crippen molar-refractivity contribution in [2.24, 2.45) is 11.8 Å². The summed E-state index contributed by atoms with van der Waals surface area (Å²) in [7, 11) is 0.